The molecule has 1 N–H and O–H groups in total. The van der Waals surface area contributed by atoms with Crippen LogP contribution in [0.2, 0.25) is 0 Å². The van der Waals surface area contributed by atoms with Crippen LogP contribution in [0.5, 0.6) is 0 Å². The Morgan fingerprint density at radius 3 is 2.33 bits per heavy atom. The summed E-state index contributed by atoms with van der Waals surface area (Å²) in [7, 11) is 0. The summed E-state index contributed by atoms with van der Waals surface area (Å²) in [4.78, 5) is 21.3. The van der Waals surface area contributed by atoms with Gasteiger partial charge in [0.25, 0.3) is 5.91 Å². The van der Waals surface area contributed by atoms with Crippen molar-refractivity contribution in [3.63, 3.8) is 0 Å². The monoisotopic (exact) mass is 470 g/mol. The van der Waals surface area contributed by atoms with Crippen LogP contribution in [0.3, 0.4) is 0 Å². The fourth-order valence-electron chi connectivity index (χ4n) is 2.93. The number of thioether (sulfide) groups is 1. The Morgan fingerprint density at radius 2 is 1.70 bits per heavy atom. The number of anilines is 1. The molecule has 0 fully saturated rings. The van der Waals surface area contributed by atoms with Crippen LogP contribution in [0.25, 0.3) is 5.69 Å². The van der Waals surface area contributed by atoms with Gasteiger partial charge in [0.1, 0.15) is 0 Å². The minimum Gasteiger partial charge on any atom is -0.321 e. The number of hydrogen-bond acceptors (Lipinski definition) is 6. The number of nitrogens with zero attached hydrogens (tertiary/aromatic N) is 5. The topological polar surface area (TPSA) is 85.6 Å². The van der Waals surface area contributed by atoms with E-state index >= 15 is 0 Å². The number of halogens is 3. The molecule has 0 aliphatic carbocycles. The van der Waals surface area contributed by atoms with Crippen LogP contribution in [-0.2, 0) is 11.9 Å². The van der Waals surface area contributed by atoms with E-state index in [1.807, 2.05) is 31.2 Å². The second kappa shape index (κ2) is 9.41. The van der Waals surface area contributed by atoms with Crippen LogP contribution in [-0.4, -0.2) is 30.9 Å². The number of hydrogen-bond donors (Lipinski definition) is 1. The van der Waals surface area contributed by atoms with Crippen LogP contribution in [0.1, 0.15) is 27.3 Å². The standard InChI is InChI=1S/C22H17F3N6OS/c1-14-3-9-17(10-4-14)31-18(13-33-21-26-11-2-12-27-21)19(29-30-31)20(32)28-16-7-5-15(6-8-16)22(23,24)25/h2-12H,13H2,1H3,(H,28,32). The first-order chi connectivity index (χ1) is 15.8. The summed E-state index contributed by atoms with van der Waals surface area (Å²) in [6, 6.07) is 13.4. The van der Waals surface area contributed by atoms with E-state index in [0.717, 1.165) is 17.7 Å². The molecule has 0 saturated heterocycles. The van der Waals surface area contributed by atoms with Gasteiger partial charge in [-0.1, -0.05) is 34.7 Å². The predicted octanol–water partition coefficient (Wildman–Crippen LogP) is 4.93. The van der Waals surface area contributed by atoms with E-state index in [0.29, 0.717) is 22.3 Å². The number of carbonyl (C=O) groups excluding carboxylic acids is 1. The molecule has 0 atom stereocenters. The summed E-state index contributed by atoms with van der Waals surface area (Å²) in [6.45, 7) is 1.96. The lowest BCUT2D eigenvalue weighted by Crippen LogP contribution is -2.15. The number of alkyl halides is 3. The molecule has 4 aromatic rings. The van der Waals surface area contributed by atoms with Crippen molar-refractivity contribution in [2.45, 2.75) is 24.0 Å². The van der Waals surface area contributed by atoms with E-state index in [-0.39, 0.29) is 11.4 Å². The zero-order valence-corrected chi connectivity index (χ0v) is 18.1. The molecule has 168 valence electrons. The molecule has 11 heteroatoms. The molecule has 2 heterocycles. The lowest BCUT2D eigenvalue weighted by Gasteiger charge is -2.10. The van der Waals surface area contributed by atoms with E-state index in [1.54, 1.807) is 23.1 Å². The van der Waals surface area contributed by atoms with Crippen molar-refractivity contribution in [3.05, 3.63) is 89.5 Å². The molecule has 0 aliphatic rings. The highest BCUT2D eigenvalue weighted by atomic mass is 32.2. The van der Waals surface area contributed by atoms with Crippen molar-refractivity contribution >= 4 is 23.4 Å². The van der Waals surface area contributed by atoms with Gasteiger partial charge in [-0.2, -0.15) is 13.2 Å². The highest BCUT2D eigenvalue weighted by Crippen LogP contribution is 2.30. The van der Waals surface area contributed by atoms with Crippen molar-refractivity contribution in [2.24, 2.45) is 0 Å². The molecular weight excluding hydrogens is 453 g/mol. The first-order valence-electron chi connectivity index (χ1n) is 9.71. The van der Waals surface area contributed by atoms with Crippen LogP contribution >= 0.6 is 11.8 Å². The number of carbonyl (C=O) groups is 1. The molecule has 2 aromatic carbocycles. The van der Waals surface area contributed by atoms with Gasteiger partial charge < -0.3 is 5.32 Å². The summed E-state index contributed by atoms with van der Waals surface area (Å²) < 4.78 is 39.9. The van der Waals surface area contributed by atoms with Gasteiger partial charge in [-0.15, -0.1) is 5.10 Å². The zero-order valence-electron chi connectivity index (χ0n) is 17.2. The van der Waals surface area contributed by atoms with Crippen LogP contribution in [0.15, 0.2) is 72.1 Å². The summed E-state index contributed by atoms with van der Waals surface area (Å²) in [5, 5.41) is 11.3. The van der Waals surface area contributed by atoms with Gasteiger partial charge in [0, 0.05) is 23.8 Å². The fourth-order valence-corrected chi connectivity index (χ4v) is 3.72. The molecule has 0 saturated carbocycles. The van der Waals surface area contributed by atoms with Crippen LogP contribution in [0.4, 0.5) is 18.9 Å². The zero-order chi connectivity index (χ0) is 23.4. The van der Waals surface area contributed by atoms with Crippen LogP contribution in [0, 0.1) is 6.92 Å². The number of aryl methyl sites for hydroxylation is 1. The third-order valence-electron chi connectivity index (χ3n) is 4.61. The number of nitrogens with one attached hydrogen (secondary N) is 1. The largest absolute Gasteiger partial charge is 0.416 e. The molecule has 0 aliphatic heterocycles. The first-order valence-corrected chi connectivity index (χ1v) is 10.7. The average molecular weight is 470 g/mol. The molecule has 1 amide bonds. The molecule has 7 nitrogen and oxygen atoms in total. The summed E-state index contributed by atoms with van der Waals surface area (Å²) >= 11 is 1.30. The Bertz CT molecular complexity index is 1240. The lowest BCUT2D eigenvalue weighted by atomic mass is 10.2. The molecule has 2 aromatic heterocycles. The third kappa shape index (κ3) is 5.37. The van der Waals surface area contributed by atoms with Crippen molar-refractivity contribution in [1.82, 2.24) is 25.0 Å². The number of benzene rings is 2. The Hall–Kier alpha value is -3.73. The van der Waals surface area contributed by atoms with Gasteiger partial charge >= 0.3 is 6.18 Å². The molecule has 0 unspecified atom stereocenters. The summed E-state index contributed by atoms with van der Waals surface area (Å²) in [6.07, 6.45) is -1.23. The van der Waals surface area contributed by atoms with Gasteiger partial charge in [0.15, 0.2) is 10.9 Å². The summed E-state index contributed by atoms with van der Waals surface area (Å²) in [5.41, 5.74) is 1.74. The lowest BCUT2D eigenvalue weighted by molar-refractivity contribution is -0.137. The fraction of sp³-hybridized carbons (Fsp3) is 0.136. The SMILES string of the molecule is Cc1ccc(-n2nnc(C(=O)Nc3ccc(C(F)(F)F)cc3)c2CSc2ncccn2)cc1. The van der Waals surface area contributed by atoms with Gasteiger partial charge in [0.2, 0.25) is 0 Å². The van der Waals surface area contributed by atoms with Gasteiger partial charge in [-0.25, -0.2) is 14.6 Å². The Labute approximate surface area is 191 Å². The van der Waals surface area contributed by atoms with Crippen molar-refractivity contribution < 1.29 is 18.0 Å². The Morgan fingerprint density at radius 1 is 1.03 bits per heavy atom. The second-order valence-electron chi connectivity index (χ2n) is 6.98. The maximum Gasteiger partial charge on any atom is 0.416 e. The molecule has 0 radical (unpaired) electrons. The van der Waals surface area contributed by atoms with E-state index in [1.165, 1.54) is 23.9 Å². The van der Waals surface area contributed by atoms with E-state index in [9.17, 15) is 18.0 Å². The smallest absolute Gasteiger partial charge is 0.321 e. The predicted molar refractivity (Wildman–Crippen MR) is 117 cm³/mol. The highest BCUT2D eigenvalue weighted by Gasteiger charge is 2.30. The van der Waals surface area contributed by atoms with Gasteiger partial charge in [0.05, 0.1) is 16.9 Å². The van der Waals surface area contributed by atoms with E-state index in [2.05, 4.69) is 25.6 Å². The molecular formula is C22H17F3N6OS. The minimum atomic E-state index is -4.46. The Balaban J connectivity index is 1.62. The maximum atomic E-state index is 12.9. The van der Waals surface area contributed by atoms with Crippen LogP contribution < -0.4 is 5.32 Å². The Kier molecular flexibility index (Phi) is 6.40. The summed E-state index contributed by atoms with van der Waals surface area (Å²) in [5.74, 6) is -0.293. The minimum absolute atomic E-state index is 0.0545. The number of rotatable bonds is 6. The quantitative estimate of drug-likeness (QED) is 0.318. The van der Waals surface area contributed by atoms with Crippen molar-refractivity contribution in [1.29, 1.82) is 0 Å². The van der Waals surface area contributed by atoms with E-state index < -0.39 is 17.6 Å². The second-order valence-corrected chi connectivity index (χ2v) is 7.92. The highest BCUT2D eigenvalue weighted by molar-refractivity contribution is 7.98. The van der Waals surface area contributed by atoms with Gasteiger partial charge in [-0.3, -0.25) is 4.79 Å². The molecule has 33 heavy (non-hydrogen) atoms. The maximum absolute atomic E-state index is 12.9. The van der Waals surface area contributed by atoms with Crippen molar-refractivity contribution in [2.75, 3.05) is 5.32 Å². The normalized spacial score (nSPS) is 11.4. The number of aromatic nitrogens is 5. The number of amides is 1. The van der Waals surface area contributed by atoms with E-state index in [4.69, 9.17) is 0 Å². The molecule has 0 spiro atoms. The average Bonchev–Trinajstić information content (AvgIpc) is 3.23. The third-order valence-corrected chi connectivity index (χ3v) is 5.49. The molecule has 4 rings (SSSR count). The van der Waals surface area contributed by atoms with Crippen molar-refractivity contribution in [3.8, 4) is 5.69 Å². The first kappa shape index (κ1) is 22.5. The van der Waals surface area contributed by atoms with Gasteiger partial charge in [-0.05, 0) is 49.4 Å². The molecule has 0 bridgehead atoms.